The second kappa shape index (κ2) is 4.49. The van der Waals surface area contributed by atoms with Gasteiger partial charge >= 0.3 is 0 Å². The Morgan fingerprint density at radius 3 is 1.70 bits per heavy atom. The summed E-state index contributed by atoms with van der Waals surface area (Å²) in [5.74, 6) is 0.769. The van der Waals surface area contributed by atoms with Gasteiger partial charge in [0, 0.05) is 12.8 Å². The predicted octanol–water partition coefficient (Wildman–Crippen LogP) is 4.99. The minimum atomic E-state index is -0.544. The normalized spacial score (nSPS) is 44.0. The van der Waals surface area contributed by atoms with E-state index in [1.165, 1.54) is 57.8 Å². The Morgan fingerprint density at radius 1 is 0.522 bits per heavy atom. The molecule has 0 unspecified atom stereocenters. The summed E-state index contributed by atoms with van der Waals surface area (Å²) in [6.45, 7) is 0. The predicted molar refractivity (Wildman–Crippen MR) is 89.0 cm³/mol. The van der Waals surface area contributed by atoms with Crippen LogP contribution in [0.1, 0.15) is 96.3 Å². The highest BCUT2D eigenvalue weighted by atomic mass is 16.2. The molecule has 5 aliphatic rings. The van der Waals surface area contributed by atoms with Gasteiger partial charge in [0.15, 0.2) is 0 Å². The molecule has 4 spiro atoms. The van der Waals surface area contributed by atoms with Gasteiger partial charge in [0.1, 0.15) is 11.6 Å². The Hall–Kier alpha value is -0.660. The van der Waals surface area contributed by atoms with Crippen molar-refractivity contribution in [1.82, 2.24) is 0 Å². The quantitative estimate of drug-likeness (QED) is 0.590. The molecule has 0 aromatic rings. The van der Waals surface area contributed by atoms with Crippen LogP contribution in [0.2, 0.25) is 0 Å². The molecule has 0 aromatic heterocycles. The van der Waals surface area contributed by atoms with Crippen molar-refractivity contribution in [2.24, 2.45) is 21.7 Å². The number of fused-ring (bicyclic) bond motifs is 3. The largest absolute Gasteiger partial charge is 0.299 e. The first-order valence-corrected chi connectivity index (χ1v) is 10.2. The maximum Gasteiger partial charge on any atom is 0.147 e. The molecule has 0 aromatic carbocycles. The molecule has 5 aliphatic carbocycles. The average Bonchev–Trinajstić information content (AvgIpc) is 3.32. The summed E-state index contributed by atoms with van der Waals surface area (Å²) in [6.07, 6.45) is 17.2. The van der Waals surface area contributed by atoms with Gasteiger partial charge in [0.25, 0.3) is 0 Å². The fourth-order valence-electron chi connectivity index (χ4n) is 8.88. The third kappa shape index (κ3) is 1.37. The maximum atomic E-state index is 13.5. The fourth-order valence-corrected chi connectivity index (χ4v) is 8.88. The van der Waals surface area contributed by atoms with Crippen LogP contribution in [0.4, 0.5) is 0 Å². The molecule has 0 radical (unpaired) electrons. The maximum absolute atomic E-state index is 13.5. The lowest BCUT2D eigenvalue weighted by atomic mass is 9.45. The van der Waals surface area contributed by atoms with Crippen LogP contribution in [0.15, 0.2) is 0 Å². The van der Waals surface area contributed by atoms with Gasteiger partial charge in [-0.3, -0.25) is 9.59 Å². The van der Waals surface area contributed by atoms with Crippen LogP contribution in [0.25, 0.3) is 0 Å². The second-order valence-corrected chi connectivity index (χ2v) is 9.51. The van der Waals surface area contributed by atoms with E-state index in [0.29, 0.717) is 29.8 Å². The van der Waals surface area contributed by atoms with Crippen molar-refractivity contribution < 1.29 is 9.59 Å². The van der Waals surface area contributed by atoms with Gasteiger partial charge in [-0.1, -0.05) is 32.1 Å². The third-order valence-corrected chi connectivity index (χ3v) is 9.35. The topological polar surface area (TPSA) is 34.1 Å². The average molecular weight is 314 g/mol. The molecule has 2 atom stereocenters. The van der Waals surface area contributed by atoms with Crippen LogP contribution < -0.4 is 0 Å². The molecule has 0 N–H and O–H groups in total. The molecule has 2 nitrogen and oxygen atoms in total. The van der Waals surface area contributed by atoms with Gasteiger partial charge in [-0.05, 0) is 67.6 Å². The van der Waals surface area contributed by atoms with Crippen LogP contribution >= 0.6 is 0 Å². The number of carbonyl (C=O) groups is 2. The smallest absolute Gasteiger partial charge is 0.147 e. The zero-order chi connectivity index (χ0) is 15.8. The fraction of sp³-hybridized carbons (Fsp3) is 0.905. The Balaban J connectivity index is 1.75. The van der Waals surface area contributed by atoms with Crippen LogP contribution in [-0.2, 0) is 9.59 Å². The lowest BCUT2D eigenvalue weighted by Crippen LogP contribution is -2.58. The summed E-state index contributed by atoms with van der Waals surface area (Å²) in [6, 6.07) is 0. The first-order valence-electron chi connectivity index (χ1n) is 10.2. The lowest BCUT2D eigenvalue weighted by molar-refractivity contribution is -0.162. The number of hydrogen-bond acceptors (Lipinski definition) is 2. The first-order chi connectivity index (χ1) is 11.1. The molecule has 0 bridgehead atoms. The Morgan fingerprint density at radius 2 is 1.04 bits per heavy atom. The second-order valence-electron chi connectivity index (χ2n) is 9.51. The molecule has 5 saturated carbocycles. The van der Waals surface area contributed by atoms with Crippen molar-refractivity contribution in [2.75, 3.05) is 0 Å². The molecule has 2 heteroatoms. The summed E-state index contributed by atoms with van der Waals surface area (Å²) < 4.78 is 0. The van der Waals surface area contributed by atoms with E-state index in [1.807, 2.05) is 0 Å². The third-order valence-electron chi connectivity index (χ3n) is 9.35. The lowest BCUT2D eigenvalue weighted by Gasteiger charge is -2.56. The highest BCUT2D eigenvalue weighted by Crippen LogP contribution is 2.80. The Bertz CT molecular complexity index is 549. The van der Waals surface area contributed by atoms with E-state index in [-0.39, 0.29) is 10.8 Å². The SMILES string of the molecule is O=C1CCC2(CCCC2)[C@]12C(=O)CC[C@@]21CCCC12CCCC2. The van der Waals surface area contributed by atoms with E-state index >= 15 is 0 Å². The Kier molecular flexibility index (Phi) is 2.86. The minimum absolute atomic E-state index is 0.0610. The molecule has 0 amide bonds. The molecule has 0 saturated heterocycles. The number of carbonyl (C=O) groups excluding carboxylic acids is 2. The van der Waals surface area contributed by atoms with Crippen LogP contribution in [-0.4, -0.2) is 11.6 Å². The van der Waals surface area contributed by atoms with Gasteiger partial charge in [-0.2, -0.15) is 0 Å². The van der Waals surface area contributed by atoms with Gasteiger partial charge in [0.05, 0.1) is 5.41 Å². The zero-order valence-electron chi connectivity index (χ0n) is 14.4. The van der Waals surface area contributed by atoms with Gasteiger partial charge < -0.3 is 0 Å². The van der Waals surface area contributed by atoms with E-state index in [0.717, 1.165) is 25.7 Å². The van der Waals surface area contributed by atoms with Gasteiger partial charge in [-0.25, -0.2) is 0 Å². The standard InChI is InChI=1S/C21H30O2/c22-16-6-14-19(10-3-4-11-19)21(16)17(23)7-15-20(21)13-5-12-18(20)8-1-2-9-18/h1-15H2/t20-,21-/m1/s1. The summed E-state index contributed by atoms with van der Waals surface area (Å²) in [4.78, 5) is 26.9. The van der Waals surface area contributed by atoms with Crippen molar-refractivity contribution in [1.29, 1.82) is 0 Å². The van der Waals surface area contributed by atoms with Crippen molar-refractivity contribution in [3.05, 3.63) is 0 Å². The number of hydrogen-bond donors (Lipinski definition) is 0. The number of ketones is 2. The van der Waals surface area contributed by atoms with E-state index < -0.39 is 5.41 Å². The molecule has 23 heavy (non-hydrogen) atoms. The van der Waals surface area contributed by atoms with Crippen molar-refractivity contribution in [3.8, 4) is 0 Å². The highest BCUT2D eigenvalue weighted by Gasteiger charge is 2.79. The molecule has 0 heterocycles. The number of rotatable bonds is 0. The van der Waals surface area contributed by atoms with Gasteiger partial charge in [-0.15, -0.1) is 0 Å². The van der Waals surface area contributed by atoms with Crippen molar-refractivity contribution >= 4 is 11.6 Å². The molecule has 0 aliphatic heterocycles. The highest BCUT2D eigenvalue weighted by molar-refractivity contribution is 6.12. The molecule has 5 rings (SSSR count). The van der Waals surface area contributed by atoms with E-state index in [1.54, 1.807) is 0 Å². The zero-order valence-corrected chi connectivity index (χ0v) is 14.4. The summed E-state index contributed by atoms with van der Waals surface area (Å²) in [7, 11) is 0. The monoisotopic (exact) mass is 314 g/mol. The van der Waals surface area contributed by atoms with Crippen molar-refractivity contribution in [2.45, 2.75) is 96.3 Å². The summed E-state index contributed by atoms with van der Waals surface area (Å²) in [5.41, 5.74) is -0.0742. The van der Waals surface area contributed by atoms with Gasteiger partial charge in [0.2, 0.25) is 0 Å². The van der Waals surface area contributed by atoms with E-state index in [9.17, 15) is 9.59 Å². The van der Waals surface area contributed by atoms with Crippen LogP contribution in [0, 0.1) is 21.7 Å². The van der Waals surface area contributed by atoms with Crippen LogP contribution in [0.5, 0.6) is 0 Å². The molecule has 5 fully saturated rings. The molecule has 126 valence electrons. The Labute approximate surface area is 139 Å². The molecular weight excluding hydrogens is 284 g/mol. The number of Topliss-reactive ketones (excluding diaryl/α,β-unsaturated/α-hetero) is 2. The van der Waals surface area contributed by atoms with Crippen molar-refractivity contribution in [3.63, 3.8) is 0 Å². The summed E-state index contributed by atoms with van der Waals surface area (Å²) >= 11 is 0. The van der Waals surface area contributed by atoms with Crippen LogP contribution in [0.3, 0.4) is 0 Å². The minimum Gasteiger partial charge on any atom is -0.299 e. The van der Waals surface area contributed by atoms with E-state index in [4.69, 9.17) is 0 Å². The molecular formula is C21H30O2. The first kappa shape index (κ1) is 14.7. The van der Waals surface area contributed by atoms with E-state index in [2.05, 4.69) is 0 Å². The summed E-state index contributed by atoms with van der Waals surface area (Å²) in [5, 5.41) is 0.